The van der Waals surface area contributed by atoms with Crippen molar-refractivity contribution in [2.45, 2.75) is 43.4 Å². The number of pyridine rings is 1. The van der Waals surface area contributed by atoms with Gasteiger partial charge in [-0.3, -0.25) is 4.79 Å². The van der Waals surface area contributed by atoms with E-state index in [2.05, 4.69) is 9.97 Å². The van der Waals surface area contributed by atoms with Crippen molar-refractivity contribution < 1.29 is 14.3 Å². The number of aromatic nitrogens is 3. The maximum atomic E-state index is 13.0. The van der Waals surface area contributed by atoms with E-state index in [-0.39, 0.29) is 23.7 Å². The molecule has 0 spiro atoms. The third kappa shape index (κ3) is 2.86. The Labute approximate surface area is 152 Å². The van der Waals surface area contributed by atoms with Crippen molar-refractivity contribution >= 4 is 5.91 Å². The van der Waals surface area contributed by atoms with Crippen LogP contribution in [0.15, 0.2) is 36.8 Å². The lowest BCUT2D eigenvalue weighted by Crippen LogP contribution is -2.53. The Kier molecular flexibility index (Phi) is 4.40. The number of carbonyl (C=O) groups excluding carboxylic acids is 1. The van der Waals surface area contributed by atoms with E-state index in [1.165, 1.54) is 0 Å². The molecule has 1 aliphatic carbocycles. The molecule has 26 heavy (non-hydrogen) atoms. The lowest BCUT2D eigenvalue weighted by Gasteiger charge is -2.43. The van der Waals surface area contributed by atoms with E-state index in [9.17, 15) is 4.79 Å². The summed E-state index contributed by atoms with van der Waals surface area (Å²) in [6, 6.07) is 5.63. The minimum absolute atomic E-state index is 0.0147. The summed E-state index contributed by atoms with van der Waals surface area (Å²) in [7, 11) is 3.59. The minimum atomic E-state index is -0.287. The van der Waals surface area contributed by atoms with Gasteiger partial charge in [0.25, 0.3) is 5.91 Å². The van der Waals surface area contributed by atoms with Gasteiger partial charge in [0, 0.05) is 51.8 Å². The fourth-order valence-corrected chi connectivity index (χ4v) is 4.30. The van der Waals surface area contributed by atoms with Gasteiger partial charge in [-0.05, 0) is 25.3 Å². The Morgan fingerprint density at radius 2 is 2.15 bits per heavy atom. The number of fused-ring (bicyclic) bond motifs is 1. The van der Waals surface area contributed by atoms with E-state index < -0.39 is 0 Å². The van der Waals surface area contributed by atoms with Crippen molar-refractivity contribution in [2.75, 3.05) is 13.7 Å². The Balaban J connectivity index is 1.55. The van der Waals surface area contributed by atoms with E-state index in [1.807, 2.05) is 30.1 Å². The number of hydrogen-bond donors (Lipinski definition) is 0. The predicted molar refractivity (Wildman–Crippen MR) is 94.9 cm³/mol. The van der Waals surface area contributed by atoms with E-state index in [0.717, 1.165) is 25.7 Å². The average Bonchev–Trinajstić information content (AvgIpc) is 3.26. The zero-order valence-electron chi connectivity index (χ0n) is 15.2. The number of rotatable bonds is 4. The summed E-state index contributed by atoms with van der Waals surface area (Å²) in [5.41, 5.74) is -0.287. The summed E-state index contributed by atoms with van der Waals surface area (Å²) in [6.45, 7) is 0.681. The Bertz CT molecular complexity index is 778. The second-order valence-electron chi connectivity index (χ2n) is 7.08. The standard InChI is InChI=1S/C19H24N4O3/c1-22-12-10-21-17(22)18(24)23-11-8-19(25-2)7-6-14(13-15(19)23)26-16-5-3-4-9-20-16/h3-5,9-10,12,14-15H,6-8,11,13H2,1-2H3/t14-,15+,19-/m1/s1. The zero-order chi connectivity index (χ0) is 18.1. The summed E-state index contributed by atoms with van der Waals surface area (Å²) in [5, 5.41) is 0. The van der Waals surface area contributed by atoms with E-state index in [1.54, 1.807) is 30.3 Å². The number of imidazole rings is 1. The van der Waals surface area contributed by atoms with Crippen molar-refractivity contribution in [2.24, 2.45) is 7.05 Å². The SMILES string of the molecule is CO[C@@]12CC[C@@H](Oc3ccccn3)C[C@@H]1N(C(=O)c1nccn1C)CC2. The van der Waals surface area contributed by atoms with Gasteiger partial charge in [0.1, 0.15) is 6.10 Å². The summed E-state index contributed by atoms with van der Waals surface area (Å²) in [5.74, 6) is 1.05. The fourth-order valence-electron chi connectivity index (χ4n) is 4.30. The lowest BCUT2D eigenvalue weighted by molar-refractivity contribution is -0.0789. The smallest absolute Gasteiger partial charge is 0.290 e. The number of aryl methyl sites for hydroxylation is 1. The van der Waals surface area contributed by atoms with Crippen LogP contribution in [0.25, 0.3) is 0 Å². The molecule has 2 aromatic heterocycles. The van der Waals surface area contributed by atoms with Crippen LogP contribution in [-0.2, 0) is 11.8 Å². The van der Waals surface area contributed by atoms with Crippen molar-refractivity contribution in [1.29, 1.82) is 0 Å². The summed E-state index contributed by atoms with van der Waals surface area (Å²) < 4.78 is 13.8. The quantitative estimate of drug-likeness (QED) is 0.839. The van der Waals surface area contributed by atoms with Crippen LogP contribution in [0.5, 0.6) is 5.88 Å². The van der Waals surface area contributed by atoms with Crippen LogP contribution in [0.2, 0.25) is 0 Å². The number of likely N-dealkylation sites (tertiary alicyclic amines) is 1. The van der Waals surface area contributed by atoms with E-state index in [0.29, 0.717) is 18.2 Å². The fraction of sp³-hybridized carbons (Fsp3) is 0.526. The van der Waals surface area contributed by atoms with Gasteiger partial charge in [0.2, 0.25) is 5.88 Å². The van der Waals surface area contributed by atoms with Crippen molar-refractivity contribution in [1.82, 2.24) is 19.4 Å². The number of ether oxygens (including phenoxy) is 2. The predicted octanol–water partition coefficient (Wildman–Crippen LogP) is 2.05. The Morgan fingerprint density at radius 3 is 2.85 bits per heavy atom. The highest BCUT2D eigenvalue weighted by atomic mass is 16.5. The topological polar surface area (TPSA) is 69.5 Å². The van der Waals surface area contributed by atoms with Gasteiger partial charge in [0.15, 0.2) is 5.82 Å². The lowest BCUT2D eigenvalue weighted by atomic mass is 9.79. The van der Waals surface area contributed by atoms with Crippen LogP contribution in [0.1, 0.15) is 36.3 Å². The first-order valence-electron chi connectivity index (χ1n) is 9.04. The number of nitrogens with zero attached hydrogens (tertiary/aromatic N) is 4. The van der Waals surface area contributed by atoms with Crippen LogP contribution in [0.4, 0.5) is 0 Å². The van der Waals surface area contributed by atoms with Gasteiger partial charge in [0.05, 0.1) is 11.6 Å². The first-order valence-corrected chi connectivity index (χ1v) is 9.04. The van der Waals surface area contributed by atoms with Gasteiger partial charge in [-0.25, -0.2) is 9.97 Å². The van der Waals surface area contributed by atoms with E-state index in [4.69, 9.17) is 9.47 Å². The highest BCUT2D eigenvalue weighted by Crippen LogP contribution is 2.43. The molecule has 0 unspecified atom stereocenters. The molecule has 1 amide bonds. The van der Waals surface area contributed by atoms with Gasteiger partial charge in [-0.1, -0.05) is 6.07 Å². The van der Waals surface area contributed by atoms with Crippen LogP contribution < -0.4 is 4.74 Å². The molecule has 0 N–H and O–H groups in total. The molecule has 138 valence electrons. The molecular weight excluding hydrogens is 332 g/mol. The second kappa shape index (κ2) is 6.72. The molecule has 7 nitrogen and oxygen atoms in total. The molecule has 2 aromatic rings. The molecule has 2 aliphatic rings. The van der Waals surface area contributed by atoms with Crippen LogP contribution >= 0.6 is 0 Å². The number of hydrogen-bond acceptors (Lipinski definition) is 5. The molecule has 2 fully saturated rings. The molecule has 3 atom stereocenters. The minimum Gasteiger partial charge on any atom is -0.474 e. The van der Waals surface area contributed by atoms with Crippen molar-refractivity contribution in [3.05, 3.63) is 42.6 Å². The maximum Gasteiger partial charge on any atom is 0.290 e. The molecule has 0 aromatic carbocycles. The van der Waals surface area contributed by atoms with Gasteiger partial charge in [-0.2, -0.15) is 0 Å². The second-order valence-corrected chi connectivity index (χ2v) is 7.08. The molecule has 1 aliphatic heterocycles. The van der Waals surface area contributed by atoms with Crippen LogP contribution in [0.3, 0.4) is 0 Å². The first-order chi connectivity index (χ1) is 12.6. The highest BCUT2D eigenvalue weighted by Gasteiger charge is 2.53. The molecule has 0 radical (unpaired) electrons. The molecule has 1 saturated carbocycles. The Morgan fingerprint density at radius 1 is 1.27 bits per heavy atom. The third-order valence-electron chi connectivity index (χ3n) is 5.74. The van der Waals surface area contributed by atoms with E-state index >= 15 is 0 Å². The molecule has 7 heteroatoms. The maximum absolute atomic E-state index is 13.0. The molecule has 1 saturated heterocycles. The monoisotopic (exact) mass is 356 g/mol. The normalized spacial score (nSPS) is 28.0. The number of amides is 1. The summed E-state index contributed by atoms with van der Waals surface area (Å²) in [6.07, 6.45) is 8.54. The number of carbonyl (C=O) groups is 1. The van der Waals surface area contributed by atoms with Gasteiger partial charge in [-0.15, -0.1) is 0 Å². The first kappa shape index (κ1) is 17.0. The Hall–Kier alpha value is -2.41. The van der Waals surface area contributed by atoms with Crippen molar-refractivity contribution in [3.8, 4) is 5.88 Å². The van der Waals surface area contributed by atoms with Crippen LogP contribution in [0, 0.1) is 0 Å². The van der Waals surface area contributed by atoms with Crippen LogP contribution in [-0.4, -0.2) is 56.7 Å². The van der Waals surface area contributed by atoms with Crippen molar-refractivity contribution in [3.63, 3.8) is 0 Å². The molecule has 0 bridgehead atoms. The highest BCUT2D eigenvalue weighted by molar-refractivity contribution is 5.91. The number of methoxy groups -OCH3 is 1. The summed E-state index contributed by atoms with van der Waals surface area (Å²) in [4.78, 5) is 23.4. The average molecular weight is 356 g/mol. The third-order valence-corrected chi connectivity index (χ3v) is 5.74. The van der Waals surface area contributed by atoms with Gasteiger partial charge < -0.3 is 18.9 Å². The molecular formula is C19H24N4O3. The van der Waals surface area contributed by atoms with Gasteiger partial charge >= 0.3 is 0 Å². The zero-order valence-corrected chi connectivity index (χ0v) is 15.2. The largest absolute Gasteiger partial charge is 0.474 e. The summed E-state index contributed by atoms with van der Waals surface area (Å²) >= 11 is 0. The molecule has 3 heterocycles. The molecule has 4 rings (SSSR count).